The van der Waals surface area contributed by atoms with Gasteiger partial charge in [0.05, 0.1) is 17.1 Å². The van der Waals surface area contributed by atoms with Crippen LogP contribution < -0.4 is 0 Å². The van der Waals surface area contributed by atoms with Gasteiger partial charge in [-0.3, -0.25) is 9.56 Å². The molecule has 0 aliphatic carbocycles. The fraction of sp³-hybridized carbons (Fsp3) is 0.143. The van der Waals surface area contributed by atoms with Crippen molar-refractivity contribution < 1.29 is 5.11 Å². The second-order valence-corrected chi connectivity index (χ2v) is 8.08. The first-order chi connectivity index (χ1) is 12.5. The van der Waals surface area contributed by atoms with Crippen LogP contribution in [0.2, 0.25) is 0 Å². The van der Waals surface area contributed by atoms with Crippen LogP contribution in [0.15, 0.2) is 53.5 Å². The van der Waals surface area contributed by atoms with E-state index >= 15 is 0 Å². The molecule has 0 unspecified atom stereocenters. The van der Waals surface area contributed by atoms with Crippen LogP contribution in [0.1, 0.15) is 28.5 Å². The molecule has 0 spiro atoms. The first kappa shape index (κ1) is 16.9. The Hall–Kier alpha value is -2.50. The molecule has 3 nitrogen and oxygen atoms in total. The van der Waals surface area contributed by atoms with Gasteiger partial charge in [0.25, 0.3) is 0 Å². The molecule has 130 valence electrons. The Morgan fingerprint density at radius 1 is 1.15 bits per heavy atom. The predicted molar refractivity (Wildman–Crippen MR) is 112 cm³/mol. The molecule has 0 bridgehead atoms. The lowest BCUT2D eigenvalue weighted by Gasteiger charge is -2.05. The molecule has 2 aromatic carbocycles. The van der Waals surface area contributed by atoms with Gasteiger partial charge in [0.2, 0.25) is 5.88 Å². The molecular weight excluding hydrogens is 360 g/mol. The summed E-state index contributed by atoms with van der Waals surface area (Å²) in [5.74, 6) is 0.213. The molecule has 1 N–H and O–H groups in total. The van der Waals surface area contributed by atoms with E-state index in [4.69, 9.17) is 12.2 Å². The van der Waals surface area contributed by atoms with Gasteiger partial charge in [0.15, 0.2) is 3.95 Å². The molecule has 26 heavy (non-hydrogen) atoms. The molecule has 0 atom stereocenters. The zero-order valence-electron chi connectivity index (χ0n) is 14.6. The summed E-state index contributed by atoms with van der Waals surface area (Å²) >= 11 is 6.91. The number of nitrogens with zero attached hydrogens (tertiary/aromatic N) is 2. The van der Waals surface area contributed by atoms with Crippen molar-refractivity contribution in [2.45, 2.75) is 20.4 Å². The van der Waals surface area contributed by atoms with Gasteiger partial charge in [-0.2, -0.15) is 0 Å². The van der Waals surface area contributed by atoms with Gasteiger partial charge in [-0.25, -0.2) is 0 Å². The smallest absolute Gasteiger partial charge is 0.210 e. The number of fused-ring (bicyclic) bond motifs is 1. The third-order valence-electron chi connectivity index (χ3n) is 4.47. The van der Waals surface area contributed by atoms with Crippen molar-refractivity contribution in [3.63, 3.8) is 0 Å². The number of rotatable bonds is 3. The van der Waals surface area contributed by atoms with Gasteiger partial charge in [-0.05, 0) is 49.8 Å². The van der Waals surface area contributed by atoms with Crippen molar-refractivity contribution in [3.8, 4) is 5.88 Å². The Kier molecular flexibility index (Phi) is 4.34. The topological polar surface area (TPSA) is 37.5 Å². The van der Waals surface area contributed by atoms with E-state index in [0.717, 1.165) is 33.0 Å². The molecule has 1 aliphatic rings. The lowest BCUT2D eigenvalue weighted by atomic mass is 10.0. The van der Waals surface area contributed by atoms with Gasteiger partial charge in [-0.1, -0.05) is 42.0 Å². The number of aryl methyl sites for hydroxylation is 1. The number of aromatic nitrogens is 1. The molecule has 0 radical (unpaired) electrons. The maximum atomic E-state index is 10.7. The summed E-state index contributed by atoms with van der Waals surface area (Å²) < 4.78 is 2.44. The van der Waals surface area contributed by atoms with Gasteiger partial charge in [0.1, 0.15) is 0 Å². The lowest BCUT2D eigenvalue weighted by Crippen LogP contribution is -1.98. The summed E-state index contributed by atoms with van der Waals surface area (Å²) in [5, 5.41) is 10.7. The van der Waals surface area contributed by atoms with Gasteiger partial charge in [-0.15, -0.1) is 11.3 Å². The van der Waals surface area contributed by atoms with Crippen LogP contribution in [-0.2, 0) is 6.54 Å². The minimum absolute atomic E-state index is 0.213. The van der Waals surface area contributed by atoms with Crippen molar-refractivity contribution in [2.75, 3.05) is 0 Å². The van der Waals surface area contributed by atoms with Crippen LogP contribution in [0.4, 0.5) is 5.69 Å². The van der Waals surface area contributed by atoms with E-state index in [1.165, 1.54) is 16.9 Å². The first-order valence-corrected chi connectivity index (χ1v) is 9.60. The molecule has 3 aromatic rings. The van der Waals surface area contributed by atoms with E-state index in [1.807, 2.05) is 49.4 Å². The van der Waals surface area contributed by atoms with E-state index < -0.39 is 0 Å². The van der Waals surface area contributed by atoms with Crippen molar-refractivity contribution in [3.05, 3.63) is 74.1 Å². The molecule has 5 heteroatoms. The maximum Gasteiger partial charge on any atom is 0.210 e. The van der Waals surface area contributed by atoms with Gasteiger partial charge in [0, 0.05) is 16.8 Å². The average molecular weight is 379 g/mol. The van der Waals surface area contributed by atoms with Crippen LogP contribution in [0.5, 0.6) is 5.88 Å². The van der Waals surface area contributed by atoms with Crippen LogP contribution in [0.25, 0.3) is 11.6 Å². The van der Waals surface area contributed by atoms with Crippen molar-refractivity contribution in [1.82, 2.24) is 4.57 Å². The highest BCUT2D eigenvalue weighted by Gasteiger charge is 2.19. The van der Waals surface area contributed by atoms with Gasteiger partial charge < -0.3 is 5.11 Å². The van der Waals surface area contributed by atoms with E-state index in [1.54, 1.807) is 4.57 Å². The van der Waals surface area contributed by atoms with Gasteiger partial charge >= 0.3 is 0 Å². The monoisotopic (exact) mass is 378 g/mol. The fourth-order valence-electron chi connectivity index (χ4n) is 3.13. The van der Waals surface area contributed by atoms with Crippen molar-refractivity contribution in [1.29, 1.82) is 0 Å². The zero-order valence-corrected chi connectivity index (χ0v) is 16.2. The third kappa shape index (κ3) is 3.04. The molecule has 4 rings (SSSR count). The van der Waals surface area contributed by atoms with E-state index in [9.17, 15) is 5.11 Å². The number of aromatic hydroxyl groups is 1. The summed E-state index contributed by atoms with van der Waals surface area (Å²) in [4.78, 5) is 5.40. The highest BCUT2D eigenvalue weighted by Crippen LogP contribution is 2.39. The number of thiazole rings is 1. The minimum Gasteiger partial charge on any atom is -0.493 e. The Morgan fingerprint density at radius 2 is 1.92 bits per heavy atom. The van der Waals surface area contributed by atoms with Crippen LogP contribution in [0.3, 0.4) is 0 Å². The predicted octanol–water partition coefficient (Wildman–Crippen LogP) is 5.99. The summed E-state index contributed by atoms with van der Waals surface area (Å²) in [5.41, 5.74) is 6.39. The standard InChI is InChI=1S/C21H18N2OS2/c1-13-8-9-18-17(10-13)16(14(2)22-18)11-19-20(24)23(21(25)26-19)12-15-6-4-3-5-7-15/h3-11,24H,12H2,1-2H3/b16-11+. The number of aliphatic imine (C=N–C) groups is 1. The largest absolute Gasteiger partial charge is 0.493 e. The molecule has 0 saturated carbocycles. The van der Waals surface area contributed by atoms with E-state index in [0.29, 0.717) is 10.5 Å². The summed E-state index contributed by atoms with van der Waals surface area (Å²) in [6.45, 7) is 4.63. The summed E-state index contributed by atoms with van der Waals surface area (Å²) in [6, 6.07) is 16.3. The molecule has 1 aromatic heterocycles. The number of hydrogen-bond donors (Lipinski definition) is 1. The second-order valence-electron chi connectivity index (χ2n) is 6.40. The van der Waals surface area contributed by atoms with E-state index in [2.05, 4.69) is 24.0 Å². The van der Waals surface area contributed by atoms with Crippen LogP contribution >= 0.6 is 23.6 Å². The van der Waals surface area contributed by atoms with E-state index in [-0.39, 0.29) is 5.88 Å². The Balaban J connectivity index is 1.76. The zero-order chi connectivity index (χ0) is 18.3. The first-order valence-electron chi connectivity index (χ1n) is 8.38. The fourth-order valence-corrected chi connectivity index (χ4v) is 4.37. The van der Waals surface area contributed by atoms with Crippen LogP contribution in [0, 0.1) is 10.9 Å². The molecule has 2 heterocycles. The Bertz CT molecular complexity index is 1100. The Morgan fingerprint density at radius 3 is 2.69 bits per heavy atom. The third-order valence-corrected chi connectivity index (χ3v) is 5.86. The number of benzene rings is 2. The quantitative estimate of drug-likeness (QED) is 0.569. The SMILES string of the molecule is CC1=Nc2ccc(C)cc2/C1=C/c1sc(=S)n(Cc2ccccc2)c1O. The molecule has 1 aliphatic heterocycles. The molecule has 0 fully saturated rings. The Labute approximate surface area is 161 Å². The number of allylic oxidation sites excluding steroid dienone is 1. The van der Waals surface area contributed by atoms with Crippen molar-refractivity contribution in [2.24, 2.45) is 4.99 Å². The summed E-state index contributed by atoms with van der Waals surface area (Å²) in [7, 11) is 0. The molecule has 0 amide bonds. The second kappa shape index (κ2) is 6.67. The highest BCUT2D eigenvalue weighted by molar-refractivity contribution is 7.73. The minimum atomic E-state index is 0.213. The van der Waals surface area contributed by atoms with Crippen LogP contribution in [-0.4, -0.2) is 15.4 Å². The maximum absolute atomic E-state index is 10.7. The normalized spacial score (nSPS) is 14.5. The number of hydrogen-bond acceptors (Lipinski definition) is 4. The summed E-state index contributed by atoms with van der Waals surface area (Å²) in [6.07, 6.45) is 2.00. The molecule has 0 saturated heterocycles. The highest BCUT2D eigenvalue weighted by atomic mass is 32.1. The average Bonchev–Trinajstić information content (AvgIpc) is 3.07. The molecular formula is C21H18N2OS2. The lowest BCUT2D eigenvalue weighted by molar-refractivity contribution is 0.422. The van der Waals surface area contributed by atoms with Crippen molar-refractivity contribution >= 4 is 46.6 Å².